The zero-order valence-electron chi connectivity index (χ0n) is 45.6. The van der Waals surface area contributed by atoms with E-state index >= 15 is 0 Å². The molecule has 2 aliphatic heterocycles. The Bertz CT molecular complexity index is 1590. The fraction of sp³-hybridized carbons (Fsp3) is 0.691. The number of hydroxylamine groups is 4. The van der Waals surface area contributed by atoms with E-state index in [1.54, 1.807) is 14.2 Å². The number of aliphatic hydroxyl groups is 4. The van der Waals surface area contributed by atoms with Gasteiger partial charge in [-0.15, -0.1) is 10.1 Å². The summed E-state index contributed by atoms with van der Waals surface area (Å²) in [6.07, 6.45) is 4.37. The number of rotatable bonds is 39. The van der Waals surface area contributed by atoms with Crippen molar-refractivity contribution in [3.8, 4) is 0 Å². The molecule has 0 radical (unpaired) electrons. The minimum absolute atomic E-state index is 0. The minimum atomic E-state index is -0.875. The van der Waals surface area contributed by atoms with Crippen molar-refractivity contribution in [3.63, 3.8) is 0 Å². The van der Waals surface area contributed by atoms with E-state index in [0.717, 1.165) is 28.4 Å². The number of Topliss-reactive ketones (excluding diaryl/α,β-unsaturated/α-hetero) is 1. The molecule has 2 heterocycles. The number of esters is 1. The fourth-order valence-electron chi connectivity index (χ4n) is 5.59. The van der Waals surface area contributed by atoms with Crippen LogP contribution in [0.5, 0.6) is 0 Å². The Morgan fingerprint density at radius 3 is 1.11 bits per heavy atom. The normalized spacial score (nSPS) is 11.7. The monoisotopic (exact) mass is 1210 g/mol. The van der Waals surface area contributed by atoms with Gasteiger partial charge in [-0.3, -0.25) is 28.8 Å². The molecule has 83 heavy (non-hydrogen) atoms. The van der Waals surface area contributed by atoms with Crippen molar-refractivity contribution in [2.24, 2.45) is 16.7 Å². The molecule has 0 aromatic rings. The molecular weight excluding hydrogens is 1100 g/mol. The zero-order chi connectivity index (χ0) is 59.9. The molecule has 0 aromatic heterocycles. The van der Waals surface area contributed by atoms with Crippen molar-refractivity contribution in [1.29, 1.82) is 0 Å². The van der Waals surface area contributed by atoms with E-state index in [0.29, 0.717) is 36.6 Å². The molecule has 2 fully saturated rings. The molecule has 0 saturated carbocycles. The second-order valence-corrected chi connectivity index (χ2v) is 14.9. The molecule has 0 spiro atoms. The van der Waals surface area contributed by atoms with Gasteiger partial charge in [0.1, 0.15) is 46.4 Å². The average molecular weight is 1210 g/mol. The first-order valence-electron chi connectivity index (χ1n) is 23.2. The van der Waals surface area contributed by atoms with Crippen LogP contribution in [0.2, 0.25) is 0 Å². The first-order chi connectivity index (χ1) is 37.1. The third-order valence-electron chi connectivity index (χ3n) is 9.14. The summed E-state index contributed by atoms with van der Waals surface area (Å²) in [5, 5.41) is 28.9. The first kappa shape index (κ1) is 102. The molecule has 2 aliphatic rings. The quantitative estimate of drug-likeness (QED) is 0.0291. The fourth-order valence-corrected chi connectivity index (χ4v) is 5.59. The van der Waals surface area contributed by atoms with Gasteiger partial charge in [0.2, 0.25) is 0 Å². The summed E-state index contributed by atoms with van der Waals surface area (Å²) in [4.78, 5) is 111. The second-order valence-electron chi connectivity index (χ2n) is 14.9. The lowest BCUT2D eigenvalue weighted by molar-refractivity contribution is -0.200. The number of ketones is 1. The van der Waals surface area contributed by atoms with Crippen LogP contribution in [0.1, 0.15) is 96.4 Å². The Kier molecular flexibility index (Phi) is 86.0. The van der Waals surface area contributed by atoms with Crippen molar-refractivity contribution < 1.29 is 125 Å². The van der Waals surface area contributed by atoms with Crippen LogP contribution in [0.25, 0.3) is 0 Å². The highest BCUT2D eigenvalue weighted by Crippen LogP contribution is 2.23. The smallest absolute Gasteiger partial charge is 0.336 e. The topological polar surface area (TPSA) is 361 Å². The lowest BCUT2D eigenvalue weighted by Gasteiger charge is -2.31. The van der Waals surface area contributed by atoms with Crippen molar-refractivity contribution in [1.82, 2.24) is 10.1 Å². The van der Waals surface area contributed by atoms with E-state index in [9.17, 15) is 38.4 Å². The van der Waals surface area contributed by atoms with E-state index in [-0.39, 0.29) is 168 Å². The summed E-state index contributed by atoms with van der Waals surface area (Å²) in [7, 11) is 7.13. The summed E-state index contributed by atoms with van der Waals surface area (Å²) in [5.41, 5.74) is -1.42. The number of carbonyl (C=O) groups excluding carboxylic acids is 9. The van der Waals surface area contributed by atoms with Crippen molar-refractivity contribution in [3.05, 3.63) is 51.4 Å². The molecule has 0 aromatic carbocycles. The van der Waals surface area contributed by atoms with Crippen LogP contribution in [-0.2, 0) is 105 Å². The van der Waals surface area contributed by atoms with Crippen LogP contribution in [0, 0.1) is 16.7 Å². The van der Waals surface area contributed by atoms with Gasteiger partial charge in [0.15, 0.2) is 5.78 Å². The molecule has 0 aliphatic carbocycles. The van der Waals surface area contributed by atoms with Crippen molar-refractivity contribution in [2.75, 3.05) is 142 Å². The Balaban J connectivity index is -0.000000113. The molecule has 2 saturated heterocycles. The Hall–Kier alpha value is -6.21. The van der Waals surface area contributed by atoms with Gasteiger partial charge in [0, 0.05) is 74.8 Å². The van der Waals surface area contributed by atoms with Crippen LogP contribution >= 0.6 is 0 Å². The second kappa shape index (κ2) is 70.1. The highest BCUT2D eigenvalue weighted by molar-refractivity contribution is 6.02. The largest absolute Gasteiger partial charge is 0.501 e. The minimum Gasteiger partial charge on any atom is -0.501 e. The number of methoxy groups -OCH3 is 2. The molecule has 1 unspecified atom stereocenters. The summed E-state index contributed by atoms with van der Waals surface area (Å²) < 4.78 is 58.9. The van der Waals surface area contributed by atoms with E-state index < -0.39 is 58.3 Å². The maximum atomic E-state index is 12.3. The first-order valence-corrected chi connectivity index (χ1v) is 23.2. The molecule has 28 heteroatoms. The number of aliphatic hydroxyl groups excluding tert-OH is 4. The third-order valence-corrected chi connectivity index (χ3v) is 9.14. The summed E-state index contributed by atoms with van der Waals surface area (Å²) in [6, 6.07) is 0. The Morgan fingerprint density at radius 1 is 0.482 bits per heavy atom. The summed E-state index contributed by atoms with van der Waals surface area (Å²) >= 11 is 0. The van der Waals surface area contributed by atoms with E-state index in [4.69, 9.17) is 82.2 Å². The average Bonchev–Trinajstić information content (AvgIpc) is 3.95. The number of imide groups is 2. The molecule has 28 nitrogen and oxygen atoms in total. The van der Waals surface area contributed by atoms with Crippen molar-refractivity contribution >= 4 is 54.1 Å². The van der Waals surface area contributed by atoms with Gasteiger partial charge in [0.05, 0.1) is 114 Å². The van der Waals surface area contributed by atoms with E-state index in [1.807, 2.05) is 6.79 Å². The number of hydrogen-bond acceptors (Lipinski definition) is 26. The summed E-state index contributed by atoms with van der Waals surface area (Å²) in [5.74, 6) is -5.93. The molecular formula is C55H108N2O26. The molecule has 1 atom stereocenters. The lowest BCUT2D eigenvalue weighted by Crippen LogP contribution is -2.41. The van der Waals surface area contributed by atoms with Crippen LogP contribution in [0.3, 0.4) is 0 Å². The predicted molar refractivity (Wildman–Crippen MR) is 310 cm³/mol. The van der Waals surface area contributed by atoms with Gasteiger partial charge in [-0.2, -0.15) is 0 Å². The van der Waals surface area contributed by atoms with Crippen LogP contribution in [-0.4, -0.2) is 226 Å². The molecule has 4 N–H and O–H groups in total. The maximum absolute atomic E-state index is 12.3. The highest BCUT2D eigenvalue weighted by atomic mass is 16.7. The number of ether oxygens (including phenoxy) is 11. The molecule has 494 valence electrons. The highest BCUT2D eigenvalue weighted by Gasteiger charge is 2.37. The van der Waals surface area contributed by atoms with Gasteiger partial charge in [-0.1, -0.05) is 77.8 Å². The van der Waals surface area contributed by atoms with Gasteiger partial charge in [-0.25, -0.2) is 9.59 Å². The lowest BCUT2D eigenvalue weighted by atomic mass is 9.92. The zero-order valence-corrected chi connectivity index (χ0v) is 45.6. The molecule has 2 rings (SSSR count). The Morgan fingerprint density at radius 2 is 0.783 bits per heavy atom. The summed E-state index contributed by atoms with van der Waals surface area (Å²) in [6.45, 7) is 20.3. The Labute approximate surface area is 494 Å². The van der Waals surface area contributed by atoms with Gasteiger partial charge >= 0.3 is 17.9 Å². The van der Waals surface area contributed by atoms with E-state index in [2.05, 4.69) is 31.2 Å². The molecule has 4 amide bonds. The number of nitrogens with zero attached hydrogens (tertiary/aromatic N) is 2. The third kappa shape index (κ3) is 50.1. The van der Waals surface area contributed by atoms with Crippen LogP contribution in [0.4, 0.5) is 0 Å². The van der Waals surface area contributed by atoms with Gasteiger partial charge < -0.3 is 87.0 Å². The molecule has 0 bridgehead atoms. The maximum Gasteiger partial charge on any atom is 0.336 e. The van der Waals surface area contributed by atoms with Crippen LogP contribution in [0.15, 0.2) is 51.4 Å². The number of amides is 4. The number of carbonyl (C=O) groups is 9. The van der Waals surface area contributed by atoms with Gasteiger partial charge in [-0.05, 0) is 0 Å². The number of hydrogen-bond donors (Lipinski definition) is 4. The van der Waals surface area contributed by atoms with E-state index in [1.165, 1.54) is 32.0 Å². The van der Waals surface area contributed by atoms with Crippen LogP contribution < -0.4 is 0 Å². The van der Waals surface area contributed by atoms with Crippen molar-refractivity contribution in [2.45, 2.75) is 96.4 Å². The SMILES string of the molecule is C.C.C.C.C.C.C=COCC(COC=C)(COCCOC)COCC(=O)CC(C)C(=O)ON1C(=O)CCC1=O.C=COCC(COC=C)(COCCOC)COCCOC(=O)CCC(=O)ON1C(=O)CCC1=O.C=O.CO.CO.CO.CO. The van der Waals surface area contributed by atoms with Gasteiger partial charge in [0.25, 0.3) is 23.6 Å². The standard InChI is InChI=1S/C22H33NO11.C22H33NO10.4CH4O.CH2O.6CH4/c1-4-29-14-22(15-30-5-2,16-31-11-10-28-3)17-32-12-13-33-20(26)8-9-21(27)34-23-18(24)6-7-19(23)25;1-5-29-13-22(14-30-6-2,15-31-10-9-28-4)16-32-12-18(24)11-17(3)21(27)33-23-19(25)7-8-20(23)26;5*1-2;;;;;;/h4-5H,1-2,6-17H2,3H3;5-6,17H,1-2,7-16H2,3-4H3;4*2H,1H3;1H2;6*1H4. The predicted octanol–water partition coefficient (Wildman–Crippen LogP) is 4.14.